The summed E-state index contributed by atoms with van der Waals surface area (Å²) >= 11 is 0. The lowest BCUT2D eigenvalue weighted by Gasteiger charge is -2.19. The Morgan fingerprint density at radius 3 is 2.59 bits per heavy atom. The molecule has 2 rings (SSSR count). The Morgan fingerprint density at radius 1 is 1.35 bits per heavy atom. The Balaban J connectivity index is 1.82. The van der Waals surface area contributed by atoms with Crippen molar-refractivity contribution in [3.05, 3.63) is 24.3 Å². The molecule has 3 heteroatoms. The van der Waals surface area contributed by atoms with Crippen LogP contribution in [0.25, 0.3) is 0 Å². The van der Waals surface area contributed by atoms with Gasteiger partial charge in [0.25, 0.3) is 0 Å². The molecule has 1 aromatic rings. The van der Waals surface area contributed by atoms with Gasteiger partial charge in [0, 0.05) is 12.2 Å². The van der Waals surface area contributed by atoms with Gasteiger partial charge in [-0.25, -0.2) is 0 Å². The van der Waals surface area contributed by atoms with Crippen LogP contribution in [0.2, 0.25) is 0 Å². The second-order valence-electron chi connectivity index (χ2n) is 5.15. The van der Waals surface area contributed by atoms with Gasteiger partial charge >= 0.3 is 0 Å². The summed E-state index contributed by atoms with van der Waals surface area (Å²) in [5.41, 5.74) is 1.16. The zero-order valence-electron chi connectivity index (χ0n) is 10.8. The fraction of sp³-hybridized carbons (Fsp3) is 0.571. The number of ether oxygens (including phenoxy) is 2. The quantitative estimate of drug-likeness (QED) is 0.870. The third-order valence-electron chi connectivity index (χ3n) is 3.18. The van der Waals surface area contributed by atoms with Crippen molar-refractivity contribution in [2.24, 2.45) is 0 Å². The van der Waals surface area contributed by atoms with E-state index in [2.05, 4.69) is 19.2 Å². The predicted octanol–water partition coefficient (Wildman–Crippen LogP) is 3.06. The molecule has 0 saturated carbocycles. The molecule has 17 heavy (non-hydrogen) atoms. The third kappa shape index (κ3) is 3.37. The largest absolute Gasteiger partial charge is 0.497 e. The summed E-state index contributed by atoms with van der Waals surface area (Å²) in [6.45, 7) is 5.18. The highest BCUT2D eigenvalue weighted by molar-refractivity contribution is 5.46. The van der Waals surface area contributed by atoms with Gasteiger partial charge in [-0.05, 0) is 51.0 Å². The lowest BCUT2D eigenvalue weighted by atomic mass is 10.1. The van der Waals surface area contributed by atoms with Crippen molar-refractivity contribution in [3.8, 4) is 5.75 Å². The van der Waals surface area contributed by atoms with Crippen LogP contribution in [-0.4, -0.2) is 25.4 Å². The molecule has 94 valence electrons. The van der Waals surface area contributed by atoms with Crippen molar-refractivity contribution in [2.75, 3.05) is 19.0 Å². The number of hydrogen-bond donors (Lipinski definition) is 1. The van der Waals surface area contributed by atoms with Gasteiger partial charge in [0.2, 0.25) is 0 Å². The fourth-order valence-electron chi connectivity index (χ4n) is 2.16. The Hall–Kier alpha value is -1.22. The highest BCUT2D eigenvalue weighted by Crippen LogP contribution is 2.29. The van der Waals surface area contributed by atoms with Crippen LogP contribution in [0.1, 0.15) is 26.7 Å². The van der Waals surface area contributed by atoms with E-state index in [9.17, 15) is 0 Å². The van der Waals surface area contributed by atoms with Gasteiger partial charge in [0.05, 0.1) is 18.8 Å². The van der Waals surface area contributed by atoms with Crippen molar-refractivity contribution in [1.29, 1.82) is 0 Å². The minimum atomic E-state index is 0.0479. The molecule has 1 atom stereocenters. The second kappa shape index (κ2) is 4.96. The molecule has 3 nitrogen and oxygen atoms in total. The molecule has 1 unspecified atom stereocenters. The van der Waals surface area contributed by atoms with Crippen LogP contribution >= 0.6 is 0 Å². The zero-order valence-corrected chi connectivity index (χ0v) is 10.8. The van der Waals surface area contributed by atoms with Gasteiger partial charge in [0.1, 0.15) is 5.75 Å². The van der Waals surface area contributed by atoms with Crippen LogP contribution < -0.4 is 10.1 Å². The van der Waals surface area contributed by atoms with Gasteiger partial charge < -0.3 is 14.8 Å². The summed E-state index contributed by atoms with van der Waals surface area (Å²) in [6, 6.07) is 7.97. The number of rotatable bonds is 4. The molecular formula is C14H21NO2. The van der Waals surface area contributed by atoms with Crippen LogP contribution in [0.15, 0.2) is 24.3 Å². The first-order chi connectivity index (χ1) is 8.09. The van der Waals surface area contributed by atoms with E-state index in [-0.39, 0.29) is 5.60 Å². The summed E-state index contributed by atoms with van der Waals surface area (Å²) in [5, 5.41) is 3.40. The molecule has 0 amide bonds. The minimum absolute atomic E-state index is 0.0479. The smallest absolute Gasteiger partial charge is 0.119 e. The summed E-state index contributed by atoms with van der Waals surface area (Å²) < 4.78 is 11.1. The van der Waals surface area contributed by atoms with Crippen LogP contribution in [0.4, 0.5) is 5.69 Å². The minimum Gasteiger partial charge on any atom is -0.497 e. The van der Waals surface area contributed by atoms with Crippen molar-refractivity contribution >= 4 is 5.69 Å². The maximum absolute atomic E-state index is 5.93. The van der Waals surface area contributed by atoms with Gasteiger partial charge in [-0.2, -0.15) is 0 Å². The normalized spacial score (nSPS) is 22.4. The number of benzene rings is 1. The van der Waals surface area contributed by atoms with E-state index in [1.54, 1.807) is 7.11 Å². The predicted molar refractivity (Wildman–Crippen MR) is 69.7 cm³/mol. The van der Waals surface area contributed by atoms with Crippen molar-refractivity contribution in [1.82, 2.24) is 0 Å². The van der Waals surface area contributed by atoms with Gasteiger partial charge in [-0.15, -0.1) is 0 Å². The summed E-state index contributed by atoms with van der Waals surface area (Å²) in [6.07, 6.45) is 2.60. The van der Waals surface area contributed by atoms with E-state index < -0.39 is 0 Å². The van der Waals surface area contributed by atoms with Crippen LogP contribution in [-0.2, 0) is 4.74 Å². The molecule has 1 aliphatic rings. The SMILES string of the molecule is COc1ccc(NCC2CCC(C)(C)O2)cc1. The monoisotopic (exact) mass is 235 g/mol. The molecule has 1 aromatic carbocycles. The highest BCUT2D eigenvalue weighted by atomic mass is 16.5. The summed E-state index contributed by atoms with van der Waals surface area (Å²) in [4.78, 5) is 0. The van der Waals surface area contributed by atoms with Crippen molar-refractivity contribution in [2.45, 2.75) is 38.4 Å². The van der Waals surface area contributed by atoms with E-state index in [4.69, 9.17) is 9.47 Å². The first-order valence-electron chi connectivity index (χ1n) is 6.15. The first kappa shape index (κ1) is 12.2. The fourth-order valence-corrected chi connectivity index (χ4v) is 2.16. The van der Waals surface area contributed by atoms with Gasteiger partial charge in [-0.1, -0.05) is 0 Å². The molecule has 1 N–H and O–H groups in total. The average Bonchev–Trinajstić information content (AvgIpc) is 2.67. The maximum atomic E-state index is 5.93. The Morgan fingerprint density at radius 2 is 2.06 bits per heavy atom. The standard InChI is InChI=1S/C14H21NO2/c1-14(2)9-8-13(17-14)10-15-11-4-6-12(16-3)7-5-11/h4-7,13,15H,8-10H2,1-3H3. The van der Waals surface area contributed by atoms with Crippen molar-refractivity contribution < 1.29 is 9.47 Å². The molecule has 0 spiro atoms. The maximum Gasteiger partial charge on any atom is 0.119 e. The van der Waals surface area contributed by atoms with E-state index in [1.807, 2.05) is 24.3 Å². The Kier molecular flexibility index (Phi) is 3.57. The van der Waals surface area contributed by atoms with Crippen LogP contribution in [0.5, 0.6) is 5.75 Å². The lowest BCUT2D eigenvalue weighted by molar-refractivity contribution is -0.00910. The second-order valence-corrected chi connectivity index (χ2v) is 5.15. The van der Waals surface area contributed by atoms with E-state index in [0.717, 1.165) is 30.8 Å². The number of nitrogens with one attached hydrogen (secondary N) is 1. The molecule has 1 fully saturated rings. The lowest BCUT2D eigenvalue weighted by Crippen LogP contribution is -2.24. The van der Waals surface area contributed by atoms with E-state index in [0.29, 0.717) is 6.10 Å². The third-order valence-corrected chi connectivity index (χ3v) is 3.18. The molecular weight excluding hydrogens is 214 g/mol. The Bertz CT molecular complexity index is 359. The summed E-state index contributed by atoms with van der Waals surface area (Å²) in [7, 11) is 1.68. The molecule has 1 aliphatic heterocycles. The summed E-state index contributed by atoms with van der Waals surface area (Å²) in [5.74, 6) is 0.883. The van der Waals surface area contributed by atoms with Gasteiger partial charge in [0.15, 0.2) is 0 Å². The molecule has 0 aliphatic carbocycles. The number of methoxy groups -OCH3 is 1. The topological polar surface area (TPSA) is 30.5 Å². The molecule has 0 aromatic heterocycles. The Labute approximate surface area is 103 Å². The number of anilines is 1. The molecule has 1 saturated heterocycles. The average molecular weight is 235 g/mol. The van der Waals surface area contributed by atoms with Crippen molar-refractivity contribution in [3.63, 3.8) is 0 Å². The highest BCUT2D eigenvalue weighted by Gasteiger charge is 2.31. The van der Waals surface area contributed by atoms with Crippen LogP contribution in [0.3, 0.4) is 0 Å². The first-order valence-corrected chi connectivity index (χ1v) is 6.15. The van der Waals surface area contributed by atoms with E-state index >= 15 is 0 Å². The van der Waals surface area contributed by atoms with Gasteiger partial charge in [-0.3, -0.25) is 0 Å². The molecule has 0 radical (unpaired) electrons. The van der Waals surface area contributed by atoms with Crippen LogP contribution in [0, 0.1) is 0 Å². The van der Waals surface area contributed by atoms with E-state index in [1.165, 1.54) is 0 Å². The molecule has 0 bridgehead atoms. The number of hydrogen-bond acceptors (Lipinski definition) is 3. The zero-order chi connectivity index (χ0) is 12.3. The molecule has 1 heterocycles.